The summed E-state index contributed by atoms with van der Waals surface area (Å²) in [4.78, 5) is 0. The number of nitrogens with one attached hydrogen (secondary N) is 1. The van der Waals surface area contributed by atoms with Crippen LogP contribution in [0, 0.1) is 5.41 Å². The molecule has 0 aromatic heterocycles. The third kappa shape index (κ3) is 6.70. The van der Waals surface area contributed by atoms with Gasteiger partial charge in [0, 0.05) is 0 Å². The SMILES string of the molecule is CC.CC(C)(C)C.COc1cccc2c1C(N)=NSN2. The lowest BCUT2D eigenvalue weighted by atomic mass is 10.0. The Balaban J connectivity index is 0.000000441. The Morgan fingerprint density at radius 2 is 1.75 bits per heavy atom. The van der Waals surface area contributed by atoms with Gasteiger partial charge in [0.2, 0.25) is 0 Å². The van der Waals surface area contributed by atoms with Crippen molar-refractivity contribution in [3.8, 4) is 5.75 Å². The van der Waals surface area contributed by atoms with Gasteiger partial charge in [-0.1, -0.05) is 47.6 Å². The van der Waals surface area contributed by atoms with Crippen LogP contribution < -0.4 is 15.2 Å². The van der Waals surface area contributed by atoms with Crippen LogP contribution in [-0.4, -0.2) is 12.9 Å². The van der Waals surface area contributed by atoms with Gasteiger partial charge in [-0.25, -0.2) is 0 Å². The molecule has 0 atom stereocenters. The average molecular weight is 297 g/mol. The number of methoxy groups -OCH3 is 1. The van der Waals surface area contributed by atoms with Crippen molar-refractivity contribution < 1.29 is 4.74 Å². The molecular weight excluding hydrogens is 270 g/mol. The van der Waals surface area contributed by atoms with Crippen LogP contribution in [-0.2, 0) is 0 Å². The van der Waals surface area contributed by atoms with Crippen molar-refractivity contribution in [3.05, 3.63) is 23.8 Å². The molecule has 20 heavy (non-hydrogen) atoms. The number of nitrogens with zero attached hydrogens (tertiary/aromatic N) is 1. The second-order valence-electron chi connectivity index (χ2n) is 5.55. The van der Waals surface area contributed by atoms with Gasteiger partial charge >= 0.3 is 0 Å². The number of rotatable bonds is 1. The van der Waals surface area contributed by atoms with Gasteiger partial charge in [-0.05, 0) is 17.5 Å². The van der Waals surface area contributed by atoms with Crippen LogP contribution in [0.3, 0.4) is 0 Å². The summed E-state index contributed by atoms with van der Waals surface area (Å²) >= 11 is 1.22. The van der Waals surface area contributed by atoms with Crippen molar-refractivity contribution in [2.45, 2.75) is 41.5 Å². The zero-order valence-corrected chi connectivity index (χ0v) is 14.4. The molecule has 1 heterocycles. The summed E-state index contributed by atoms with van der Waals surface area (Å²) in [5.74, 6) is 1.24. The zero-order chi connectivity index (χ0) is 15.8. The molecule has 2 rings (SSSR count). The monoisotopic (exact) mass is 297 g/mol. The van der Waals surface area contributed by atoms with Gasteiger partial charge in [0.1, 0.15) is 11.6 Å². The molecule has 0 saturated heterocycles. The number of amidine groups is 1. The standard InChI is InChI=1S/C8H9N3OS.C5H12.C2H6/c1-12-6-4-2-3-5-7(6)8(9)11-13-10-5;1-5(2,3)4;1-2/h2-4,10H,1H3,(H2,9,11);1-4H3;1-2H3. The molecule has 3 N–H and O–H groups in total. The molecule has 0 radical (unpaired) electrons. The molecule has 0 unspecified atom stereocenters. The topological polar surface area (TPSA) is 59.6 Å². The Morgan fingerprint density at radius 1 is 1.20 bits per heavy atom. The molecule has 0 aliphatic carbocycles. The van der Waals surface area contributed by atoms with Gasteiger partial charge in [-0.2, -0.15) is 4.40 Å². The largest absolute Gasteiger partial charge is 0.496 e. The van der Waals surface area contributed by atoms with Gasteiger partial charge in [0.05, 0.1) is 30.5 Å². The highest BCUT2D eigenvalue weighted by Crippen LogP contribution is 2.31. The van der Waals surface area contributed by atoms with E-state index in [2.05, 4.69) is 36.8 Å². The highest BCUT2D eigenvalue weighted by molar-refractivity contribution is 7.99. The molecular formula is C15H27N3OS. The maximum Gasteiger partial charge on any atom is 0.146 e. The highest BCUT2D eigenvalue weighted by atomic mass is 32.2. The second kappa shape index (κ2) is 8.74. The Hall–Kier alpha value is -1.36. The Bertz CT molecular complexity index is 433. The Labute approximate surface area is 127 Å². The van der Waals surface area contributed by atoms with Gasteiger partial charge in [-0.15, -0.1) is 0 Å². The normalized spacial score (nSPS) is 12.4. The first-order valence-electron chi connectivity index (χ1n) is 6.76. The molecule has 5 heteroatoms. The van der Waals surface area contributed by atoms with Gasteiger partial charge in [0.15, 0.2) is 0 Å². The predicted octanol–water partition coefficient (Wildman–Crippen LogP) is 4.47. The van der Waals surface area contributed by atoms with Crippen molar-refractivity contribution in [3.63, 3.8) is 0 Å². The summed E-state index contributed by atoms with van der Waals surface area (Å²) in [7, 11) is 1.62. The summed E-state index contributed by atoms with van der Waals surface area (Å²) in [5, 5.41) is 0. The molecule has 1 aromatic carbocycles. The lowest BCUT2D eigenvalue weighted by Crippen LogP contribution is -2.18. The first-order valence-corrected chi connectivity index (χ1v) is 7.53. The first-order chi connectivity index (χ1) is 9.33. The van der Waals surface area contributed by atoms with E-state index in [0.29, 0.717) is 11.3 Å². The highest BCUT2D eigenvalue weighted by Gasteiger charge is 2.16. The van der Waals surface area contributed by atoms with E-state index in [1.54, 1.807) is 7.11 Å². The average Bonchev–Trinajstić information content (AvgIpc) is 2.39. The minimum atomic E-state index is 0.496. The number of hydrogen-bond acceptors (Lipinski definition) is 5. The van der Waals surface area contributed by atoms with Crippen LogP contribution in [0.15, 0.2) is 22.6 Å². The molecule has 114 valence electrons. The van der Waals surface area contributed by atoms with Crippen molar-refractivity contribution in [1.82, 2.24) is 0 Å². The molecule has 1 aromatic rings. The van der Waals surface area contributed by atoms with Crippen molar-refractivity contribution in [2.75, 3.05) is 11.8 Å². The molecule has 1 aliphatic heterocycles. The van der Waals surface area contributed by atoms with Crippen molar-refractivity contribution in [2.24, 2.45) is 15.5 Å². The van der Waals surface area contributed by atoms with Crippen LogP contribution in [0.2, 0.25) is 0 Å². The Kier molecular flexibility index (Phi) is 8.15. The van der Waals surface area contributed by atoms with Crippen LogP contribution in [0.1, 0.15) is 47.1 Å². The van der Waals surface area contributed by atoms with E-state index in [1.165, 1.54) is 12.1 Å². The third-order valence-electron chi connectivity index (χ3n) is 1.80. The van der Waals surface area contributed by atoms with Crippen LogP contribution in [0.25, 0.3) is 0 Å². The summed E-state index contributed by atoms with van der Waals surface area (Å²) in [6.45, 7) is 12.8. The van der Waals surface area contributed by atoms with E-state index >= 15 is 0 Å². The number of ether oxygens (including phenoxy) is 1. The van der Waals surface area contributed by atoms with Crippen LogP contribution in [0.5, 0.6) is 5.75 Å². The second-order valence-corrected chi connectivity index (χ2v) is 6.12. The van der Waals surface area contributed by atoms with E-state index in [1.807, 2.05) is 32.0 Å². The summed E-state index contributed by atoms with van der Waals surface area (Å²) < 4.78 is 12.2. The zero-order valence-electron chi connectivity index (χ0n) is 13.6. The lowest BCUT2D eigenvalue weighted by Gasteiger charge is -2.16. The van der Waals surface area contributed by atoms with Gasteiger partial charge in [0.25, 0.3) is 0 Å². The van der Waals surface area contributed by atoms with Crippen molar-refractivity contribution in [1.29, 1.82) is 0 Å². The van der Waals surface area contributed by atoms with E-state index in [4.69, 9.17) is 10.5 Å². The smallest absolute Gasteiger partial charge is 0.146 e. The Morgan fingerprint density at radius 3 is 2.25 bits per heavy atom. The maximum absolute atomic E-state index is 5.73. The number of anilines is 1. The van der Waals surface area contributed by atoms with Gasteiger partial charge in [-0.3, -0.25) is 0 Å². The number of benzene rings is 1. The van der Waals surface area contributed by atoms with Crippen LogP contribution >= 0.6 is 12.1 Å². The molecule has 0 bridgehead atoms. The predicted molar refractivity (Wildman–Crippen MR) is 91.4 cm³/mol. The molecule has 0 spiro atoms. The number of hydrogen-bond donors (Lipinski definition) is 2. The fraction of sp³-hybridized carbons (Fsp3) is 0.533. The summed E-state index contributed by atoms with van der Waals surface area (Å²) in [6, 6.07) is 5.70. The fourth-order valence-corrected chi connectivity index (χ4v) is 1.72. The van der Waals surface area contributed by atoms with E-state index < -0.39 is 0 Å². The maximum atomic E-state index is 5.73. The van der Waals surface area contributed by atoms with Crippen molar-refractivity contribution >= 4 is 23.7 Å². The number of nitrogens with two attached hydrogens (primary N) is 1. The van der Waals surface area contributed by atoms with E-state index in [-0.39, 0.29) is 0 Å². The van der Waals surface area contributed by atoms with Gasteiger partial charge < -0.3 is 15.2 Å². The van der Waals surface area contributed by atoms with Crippen LogP contribution in [0.4, 0.5) is 5.69 Å². The lowest BCUT2D eigenvalue weighted by molar-refractivity contribution is 0.414. The molecule has 4 nitrogen and oxygen atoms in total. The minimum Gasteiger partial charge on any atom is -0.496 e. The minimum absolute atomic E-state index is 0.496. The fourth-order valence-electron chi connectivity index (χ4n) is 1.22. The molecule has 0 amide bonds. The summed E-state index contributed by atoms with van der Waals surface area (Å²) in [6.07, 6.45) is 0. The summed E-state index contributed by atoms with van der Waals surface area (Å²) in [5.41, 5.74) is 8.01. The van der Waals surface area contributed by atoms with E-state index in [0.717, 1.165) is 17.0 Å². The third-order valence-corrected chi connectivity index (χ3v) is 2.40. The molecule has 1 aliphatic rings. The molecule has 0 fully saturated rings. The van der Waals surface area contributed by atoms with E-state index in [9.17, 15) is 0 Å². The quantitative estimate of drug-likeness (QED) is 0.751. The first kappa shape index (κ1) is 18.6. The number of fused-ring (bicyclic) bond motifs is 1. The molecule has 0 saturated carbocycles.